The molecule has 2 atom stereocenters. The Kier molecular flexibility index (Phi) is 5.82. The molecule has 2 rings (SSSR count). The zero-order valence-corrected chi connectivity index (χ0v) is 15.4. The van der Waals surface area contributed by atoms with Crippen molar-refractivity contribution in [2.24, 2.45) is 5.92 Å². The summed E-state index contributed by atoms with van der Waals surface area (Å²) in [5.41, 5.74) is 6.86. The number of aryl methyl sites for hydroxylation is 1. The van der Waals surface area contributed by atoms with Crippen molar-refractivity contribution in [3.63, 3.8) is 0 Å². The summed E-state index contributed by atoms with van der Waals surface area (Å²) < 4.78 is 7.17. The fraction of sp³-hybridized carbons (Fsp3) is 0.750. The first-order chi connectivity index (χ1) is 10.0. The van der Waals surface area contributed by atoms with Gasteiger partial charge in [0.15, 0.2) is 5.82 Å². The lowest BCUT2D eigenvalue weighted by Crippen LogP contribution is -2.37. The van der Waals surface area contributed by atoms with Gasteiger partial charge in [0.1, 0.15) is 11.4 Å². The molecule has 2 N–H and O–H groups in total. The van der Waals surface area contributed by atoms with Gasteiger partial charge >= 0.3 is 0 Å². The summed E-state index contributed by atoms with van der Waals surface area (Å²) in [6, 6.07) is 0. The van der Waals surface area contributed by atoms with Gasteiger partial charge in [0, 0.05) is 6.61 Å². The van der Waals surface area contributed by atoms with E-state index in [1.54, 1.807) is 0 Å². The van der Waals surface area contributed by atoms with Crippen molar-refractivity contribution >= 4 is 28.4 Å². The highest BCUT2D eigenvalue weighted by molar-refractivity contribution is 14.1. The van der Waals surface area contributed by atoms with Crippen LogP contribution in [0.15, 0.2) is 0 Å². The maximum Gasteiger partial charge on any atom is 0.162 e. The molecule has 1 aromatic heterocycles. The first-order valence-electron chi connectivity index (χ1n) is 7.98. The summed E-state index contributed by atoms with van der Waals surface area (Å²) in [5, 5.41) is 0. The highest BCUT2D eigenvalue weighted by Crippen LogP contribution is 2.42. The van der Waals surface area contributed by atoms with Gasteiger partial charge in [0.2, 0.25) is 0 Å². The molecule has 1 saturated carbocycles. The number of nitrogens with zero attached hydrogens (tertiary/aromatic N) is 2. The molecule has 0 bridgehead atoms. The summed E-state index contributed by atoms with van der Waals surface area (Å²) in [5.74, 6) is 2.04. The standard InChI is InChI=1S/C16H26IN3O/c1-4-7-12-13(17)14(18)20-15(19-12)16(21-5-2)9-6-8-11(3)10-16/h11H,4-10H2,1-3H3,(H2,18,19,20). The van der Waals surface area contributed by atoms with Crippen LogP contribution in [0.25, 0.3) is 0 Å². The number of hydrogen-bond donors (Lipinski definition) is 1. The smallest absolute Gasteiger partial charge is 0.162 e. The lowest BCUT2D eigenvalue weighted by molar-refractivity contribution is -0.0881. The largest absolute Gasteiger partial charge is 0.383 e. The Morgan fingerprint density at radius 3 is 2.76 bits per heavy atom. The molecule has 4 nitrogen and oxygen atoms in total. The zero-order chi connectivity index (χ0) is 15.5. The van der Waals surface area contributed by atoms with Crippen LogP contribution in [0.1, 0.15) is 64.4 Å². The molecule has 0 amide bonds. The van der Waals surface area contributed by atoms with E-state index in [-0.39, 0.29) is 5.60 Å². The van der Waals surface area contributed by atoms with Gasteiger partial charge < -0.3 is 10.5 Å². The Balaban J connectivity index is 2.44. The molecule has 21 heavy (non-hydrogen) atoms. The van der Waals surface area contributed by atoms with E-state index in [1.807, 2.05) is 6.92 Å². The summed E-state index contributed by atoms with van der Waals surface area (Å²) in [4.78, 5) is 9.45. The third-order valence-electron chi connectivity index (χ3n) is 4.22. The molecule has 1 fully saturated rings. The summed E-state index contributed by atoms with van der Waals surface area (Å²) in [6.07, 6.45) is 6.42. The molecule has 1 aliphatic rings. The van der Waals surface area contributed by atoms with Crippen LogP contribution in [0.2, 0.25) is 0 Å². The maximum atomic E-state index is 6.17. The minimum atomic E-state index is -0.340. The van der Waals surface area contributed by atoms with E-state index in [0.717, 1.165) is 40.8 Å². The van der Waals surface area contributed by atoms with Gasteiger partial charge in [0.05, 0.1) is 9.26 Å². The Bertz CT molecular complexity index is 491. The van der Waals surface area contributed by atoms with Crippen LogP contribution in [-0.4, -0.2) is 16.6 Å². The van der Waals surface area contributed by atoms with Gasteiger partial charge in [-0.15, -0.1) is 0 Å². The first kappa shape index (κ1) is 16.9. The van der Waals surface area contributed by atoms with Crippen molar-refractivity contribution in [2.75, 3.05) is 12.3 Å². The van der Waals surface area contributed by atoms with Crippen LogP contribution in [0.5, 0.6) is 0 Å². The van der Waals surface area contributed by atoms with Gasteiger partial charge in [-0.25, -0.2) is 9.97 Å². The van der Waals surface area contributed by atoms with E-state index in [2.05, 4.69) is 41.4 Å². The van der Waals surface area contributed by atoms with Crippen molar-refractivity contribution in [2.45, 2.75) is 64.9 Å². The number of nitrogen functional groups attached to an aromatic ring is 1. The number of ether oxygens (including phenoxy) is 1. The molecule has 2 unspecified atom stereocenters. The summed E-state index contributed by atoms with van der Waals surface area (Å²) >= 11 is 2.26. The van der Waals surface area contributed by atoms with Crippen LogP contribution in [0.4, 0.5) is 5.82 Å². The van der Waals surface area contributed by atoms with E-state index < -0.39 is 0 Å². The number of halogens is 1. The maximum absolute atomic E-state index is 6.17. The molecule has 5 heteroatoms. The molecule has 0 saturated heterocycles. The van der Waals surface area contributed by atoms with Gasteiger partial charge in [-0.05, 0) is 61.1 Å². The van der Waals surface area contributed by atoms with Crippen LogP contribution in [0, 0.1) is 9.49 Å². The normalized spacial score (nSPS) is 26.0. The Labute approximate surface area is 141 Å². The van der Waals surface area contributed by atoms with Crippen molar-refractivity contribution in [3.8, 4) is 0 Å². The lowest BCUT2D eigenvalue weighted by atomic mass is 9.78. The number of rotatable bonds is 5. The monoisotopic (exact) mass is 403 g/mol. The quantitative estimate of drug-likeness (QED) is 0.754. The molecule has 1 heterocycles. The molecular formula is C16H26IN3O. The SMILES string of the molecule is CCCc1nc(C2(OCC)CCCC(C)C2)nc(N)c1I. The predicted octanol–water partition coefficient (Wildman–Crippen LogP) is 4.06. The number of anilines is 1. The van der Waals surface area contributed by atoms with E-state index in [4.69, 9.17) is 15.5 Å². The highest BCUT2D eigenvalue weighted by atomic mass is 127. The number of nitrogens with two attached hydrogens (primary N) is 1. The molecule has 118 valence electrons. The Hall–Kier alpha value is -0.430. The van der Waals surface area contributed by atoms with Gasteiger partial charge in [-0.1, -0.05) is 26.7 Å². The van der Waals surface area contributed by atoms with Gasteiger partial charge in [-0.2, -0.15) is 0 Å². The minimum absolute atomic E-state index is 0.340. The second-order valence-electron chi connectivity index (χ2n) is 6.07. The van der Waals surface area contributed by atoms with E-state index in [0.29, 0.717) is 18.3 Å². The average Bonchev–Trinajstić information content (AvgIpc) is 2.44. The molecule has 1 aromatic rings. The van der Waals surface area contributed by atoms with E-state index in [9.17, 15) is 0 Å². The predicted molar refractivity (Wildman–Crippen MR) is 94.1 cm³/mol. The second-order valence-corrected chi connectivity index (χ2v) is 7.15. The highest BCUT2D eigenvalue weighted by Gasteiger charge is 2.40. The first-order valence-corrected chi connectivity index (χ1v) is 9.06. The van der Waals surface area contributed by atoms with Crippen LogP contribution >= 0.6 is 22.6 Å². The number of aromatic nitrogens is 2. The van der Waals surface area contributed by atoms with E-state index in [1.165, 1.54) is 12.8 Å². The van der Waals surface area contributed by atoms with Crippen molar-refractivity contribution in [3.05, 3.63) is 15.1 Å². The topological polar surface area (TPSA) is 61.0 Å². The van der Waals surface area contributed by atoms with Crippen LogP contribution in [-0.2, 0) is 16.8 Å². The molecule has 1 aliphatic carbocycles. The van der Waals surface area contributed by atoms with Crippen LogP contribution in [0.3, 0.4) is 0 Å². The molecular weight excluding hydrogens is 377 g/mol. The van der Waals surface area contributed by atoms with Crippen molar-refractivity contribution in [1.82, 2.24) is 9.97 Å². The lowest BCUT2D eigenvalue weighted by Gasteiger charge is -2.38. The average molecular weight is 403 g/mol. The van der Waals surface area contributed by atoms with Crippen molar-refractivity contribution in [1.29, 1.82) is 0 Å². The molecule has 0 aliphatic heterocycles. The number of hydrogen-bond acceptors (Lipinski definition) is 4. The molecule has 0 radical (unpaired) electrons. The third kappa shape index (κ3) is 3.67. The zero-order valence-electron chi connectivity index (χ0n) is 13.3. The van der Waals surface area contributed by atoms with Crippen LogP contribution < -0.4 is 5.73 Å². The minimum Gasteiger partial charge on any atom is -0.383 e. The Morgan fingerprint density at radius 2 is 2.14 bits per heavy atom. The van der Waals surface area contributed by atoms with Gasteiger partial charge in [-0.3, -0.25) is 0 Å². The molecule has 0 aromatic carbocycles. The summed E-state index contributed by atoms with van der Waals surface area (Å²) in [6.45, 7) is 7.18. The Morgan fingerprint density at radius 1 is 1.38 bits per heavy atom. The fourth-order valence-corrected chi connectivity index (χ4v) is 3.81. The fourth-order valence-electron chi connectivity index (χ4n) is 3.30. The van der Waals surface area contributed by atoms with Gasteiger partial charge in [0.25, 0.3) is 0 Å². The third-order valence-corrected chi connectivity index (χ3v) is 5.39. The summed E-state index contributed by atoms with van der Waals surface area (Å²) in [7, 11) is 0. The van der Waals surface area contributed by atoms with E-state index >= 15 is 0 Å². The molecule has 0 spiro atoms. The second kappa shape index (κ2) is 7.22. The van der Waals surface area contributed by atoms with Crippen molar-refractivity contribution < 1.29 is 4.74 Å².